The number of carbonyl (C=O) groups excluding carboxylic acids is 3. The molecule has 0 bridgehead atoms. The van der Waals surface area contributed by atoms with Crippen LogP contribution in [0.25, 0.3) is 0 Å². The molecular formula is C22H25N3O5. The summed E-state index contributed by atoms with van der Waals surface area (Å²) < 4.78 is 10.5. The van der Waals surface area contributed by atoms with Crippen LogP contribution in [0.1, 0.15) is 18.1 Å². The van der Waals surface area contributed by atoms with Crippen LogP contribution in [0.4, 0.5) is 4.79 Å². The van der Waals surface area contributed by atoms with Crippen LogP contribution >= 0.6 is 0 Å². The van der Waals surface area contributed by atoms with Crippen molar-refractivity contribution in [3.8, 4) is 11.5 Å². The third kappa shape index (κ3) is 4.22. The van der Waals surface area contributed by atoms with Crippen molar-refractivity contribution in [2.24, 2.45) is 0 Å². The van der Waals surface area contributed by atoms with E-state index in [0.29, 0.717) is 30.0 Å². The van der Waals surface area contributed by atoms with Gasteiger partial charge >= 0.3 is 6.03 Å². The van der Waals surface area contributed by atoms with Crippen molar-refractivity contribution in [1.82, 2.24) is 15.5 Å². The molecule has 158 valence electrons. The summed E-state index contributed by atoms with van der Waals surface area (Å²) in [6.45, 7) is 1.66. The van der Waals surface area contributed by atoms with Gasteiger partial charge in [-0.3, -0.25) is 14.5 Å². The van der Waals surface area contributed by atoms with Gasteiger partial charge in [-0.05, 0) is 36.6 Å². The number of nitrogens with one attached hydrogen (secondary N) is 2. The Balaban J connectivity index is 1.56. The lowest BCUT2D eigenvalue weighted by atomic mass is 9.92. The lowest BCUT2D eigenvalue weighted by Crippen LogP contribution is -2.43. The van der Waals surface area contributed by atoms with Crippen LogP contribution in [-0.2, 0) is 21.5 Å². The first-order chi connectivity index (χ1) is 14.4. The number of nitrogens with zero attached hydrogens (tertiary/aromatic N) is 1. The third-order valence-corrected chi connectivity index (χ3v) is 5.11. The highest BCUT2D eigenvalue weighted by molar-refractivity contribution is 6.09. The zero-order chi connectivity index (χ0) is 21.7. The van der Waals surface area contributed by atoms with Crippen LogP contribution < -0.4 is 20.1 Å². The average Bonchev–Trinajstić information content (AvgIpc) is 2.98. The zero-order valence-electron chi connectivity index (χ0n) is 17.2. The highest BCUT2D eigenvalue weighted by Crippen LogP contribution is 2.29. The maximum absolute atomic E-state index is 12.8. The highest BCUT2D eigenvalue weighted by atomic mass is 16.5. The Morgan fingerprint density at radius 3 is 2.43 bits per heavy atom. The van der Waals surface area contributed by atoms with E-state index >= 15 is 0 Å². The van der Waals surface area contributed by atoms with E-state index in [1.165, 1.54) is 0 Å². The Morgan fingerprint density at radius 1 is 1.07 bits per heavy atom. The SMILES string of the molecule is COc1ccc(CCNC(=O)CN2C(=O)N[C@](C)(c3ccccc3)C2=O)cc1OC. The molecule has 3 rings (SSSR count). The number of hydrogen-bond donors (Lipinski definition) is 2. The first-order valence-corrected chi connectivity index (χ1v) is 9.56. The molecule has 2 N–H and O–H groups in total. The van der Waals surface area contributed by atoms with Crippen molar-refractivity contribution >= 4 is 17.8 Å². The highest BCUT2D eigenvalue weighted by Gasteiger charge is 2.49. The molecule has 0 spiro atoms. The van der Waals surface area contributed by atoms with Gasteiger partial charge < -0.3 is 20.1 Å². The predicted octanol–water partition coefficient (Wildman–Crippen LogP) is 1.83. The molecule has 1 aliphatic rings. The van der Waals surface area contributed by atoms with Gasteiger partial charge in [-0.1, -0.05) is 36.4 Å². The molecule has 0 saturated carbocycles. The van der Waals surface area contributed by atoms with E-state index in [0.717, 1.165) is 10.5 Å². The van der Waals surface area contributed by atoms with Crippen LogP contribution in [0.2, 0.25) is 0 Å². The van der Waals surface area contributed by atoms with Crippen LogP contribution in [0, 0.1) is 0 Å². The summed E-state index contributed by atoms with van der Waals surface area (Å²) >= 11 is 0. The normalized spacial score (nSPS) is 18.2. The zero-order valence-corrected chi connectivity index (χ0v) is 17.2. The average molecular weight is 411 g/mol. The van der Waals surface area contributed by atoms with Gasteiger partial charge in [-0.25, -0.2) is 4.79 Å². The second kappa shape index (κ2) is 8.86. The van der Waals surface area contributed by atoms with Crippen molar-refractivity contribution in [2.75, 3.05) is 27.3 Å². The van der Waals surface area contributed by atoms with Crippen LogP contribution in [0.15, 0.2) is 48.5 Å². The van der Waals surface area contributed by atoms with Crippen molar-refractivity contribution in [2.45, 2.75) is 18.9 Å². The van der Waals surface area contributed by atoms with E-state index in [-0.39, 0.29) is 6.54 Å². The molecule has 0 radical (unpaired) electrons. The summed E-state index contributed by atoms with van der Waals surface area (Å²) in [6.07, 6.45) is 0.563. The second-order valence-electron chi connectivity index (χ2n) is 7.10. The van der Waals surface area contributed by atoms with Crippen LogP contribution in [0.3, 0.4) is 0 Å². The Bertz CT molecular complexity index is 947. The summed E-state index contributed by atoms with van der Waals surface area (Å²) in [7, 11) is 3.13. The van der Waals surface area contributed by atoms with E-state index in [2.05, 4.69) is 10.6 Å². The number of urea groups is 1. The number of imide groups is 1. The molecule has 1 atom stereocenters. The van der Waals surface area contributed by atoms with Crippen molar-refractivity contribution in [1.29, 1.82) is 0 Å². The first kappa shape index (κ1) is 21.2. The number of carbonyl (C=O) groups is 3. The van der Waals surface area contributed by atoms with E-state index < -0.39 is 23.4 Å². The fraction of sp³-hybridized carbons (Fsp3) is 0.318. The maximum atomic E-state index is 12.8. The monoisotopic (exact) mass is 411 g/mol. The topological polar surface area (TPSA) is 97.0 Å². The van der Waals surface area contributed by atoms with Crippen molar-refractivity contribution in [3.05, 3.63) is 59.7 Å². The number of rotatable bonds is 8. The number of methoxy groups -OCH3 is 2. The largest absolute Gasteiger partial charge is 0.493 e. The van der Waals surface area contributed by atoms with Crippen molar-refractivity contribution in [3.63, 3.8) is 0 Å². The van der Waals surface area contributed by atoms with Gasteiger partial charge in [0.25, 0.3) is 5.91 Å². The molecule has 2 aromatic carbocycles. The van der Waals surface area contributed by atoms with E-state index in [4.69, 9.17) is 9.47 Å². The van der Waals surface area contributed by atoms with Gasteiger partial charge in [0.15, 0.2) is 11.5 Å². The van der Waals surface area contributed by atoms with Gasteiger partial charge in [0.1, 0.15) is 12.1 Å². The minimum absolute atomic E-state index is 0.334. The fourth-order valence-corrected chi connectivity index (χ4v) is 3.39. The van der Waals surface area contributed by atoms with E-state index in [1.807, 2.05) is 18.2 Å². The van der Waals surface area contributed by atoms with Gasteiger partial charge in [0.2, 0.25) is 5.91 Å². The Labute approximate surface area is 175 Å². The summed E-state index contributed by atoms with van der Waals surface area (Å²) in [6, 6.07) is 13.9. The maximum Gasteiger partial charge on any atom is 0.325 e. The smallest absolute Gasteiger partial charge is 0.325 e. The quantitative estimate of drug-likeness (QED) is 0.646. The summed E-state index contributed by atoms with van der Waals surface area (Å²) in [5.41, 5.74) is 0.442. The van der Waals surface area contributed by atoms with Gasteiger partial charge in [0, 0.05) is 6.54 Å². The van der Waals surface area contributed by atoms with E-state index in [1.54, 1.807) is 51.5 Å². The molecule has 0 aromatic heterocycles. The fourth-order valence-electron chi connectivity index (χ4n) is 3.39. The van der Waals surface area contributed by atoms with Crippen molar-refractivity contribution < 1.29 is 23.9 Å². The number of hydrogen-bond acceptors (Lipinski definition) is 5. The molecule has 1 saturated heterocycles. The third-order valence-electron chi connectivity index (χ3n) is 5.11. The summed E-state index contributed by atoms with van der Waals surface area (Å²) in [4.78, 5) is 38.4. The first-order valence-electron chi connectivity index (χ1n) is 9.56. The molecule has 1 aliphatic heterocycles. The van der Waals surface area contributed by atoms with Crippen LogP contribution in [-0.4, -0.2) is 50.1 Å². The molecule has 0 unspecified atom stereocenters. The predicted molar refractivity (Wildman–Crippen MR) is 110 cm³/mol. The molecule has 4 amide bonds. The molecule has 8 nitrogen and oxygen atoms in total. The molecule has 30 heavy (non-hydrogen) atoms. The Kier molecular flexibility index (Phi) is 6.25. The second-order valence-corrected chi connectivity index (χ2v) is 7.10. The lowest BCUT2D eigenvalue weighted by molar-refractivity contribution is -0.134. The Morgan fingerprint density at radius 2 is 1.77 bits per heavy atom. The van der Waals surface area contributed by atoms with Gasteiger partial charge in [0.05, 0.1) is 14.2 Å². The lowest BCUT2D eigenvalue weighted by Gasteiger charge is -2.22. The summed E-state index contributed by atoms with van der Waals surface area (Å²) in [5.74, 6) is 0.385. The molecule has 0 aliphatic carbocycles. The number of amides is 4. The minimum atomic E-state index is -1.18. The number of ether oxygens (including phenoxy) is 2. The molecule has 1 heterocycles. The van der Waals surface area contributed by atoms with Gasteiger partial charge in [-0.15, -0.1) is 0 Å². The molecule has 2 aromatic rings. The van der Waals surface area contributed by atoms with E-state index in [9.17, 15) is 14.4 Å². The van der Waals surface area contributed by atoms with Crippen LogP contribution in [0.5, 0.6) is 11.5 Å². The number of benzene rings is 2. The molecular weight excluding hydrogens is 386 g/mol. The summed E-state index contributed by atoms with van der Waals surface area (Å²) in [5, 5.41) is 5.44. The minimum Gasteiger partial charge on any atom is -0.493 e. The molecule has 1 fully saturated rings. The van der Waals surface area contributed by atoms with Gasteiger partial charge in [-0.2, -0.15) is 0 Å². The standard InChI is InChI=1S/C22H25N3O5/c1-22(16-7-5-4-6-8-16)20(27)25(21(28)24-22)14-19(26)23-12-11-15-9-10-17(29-2)18(13-15)30-3/h4-10,13H,11-12,14H2,1-3H3,(H,23,26)(H,24,28)/t22-/m1/s1. The molecule has 8 heteroatoms. The Hall–Kier alpha value is -3.55.